The summed E-state index contributed by atoms with van der Waals surface area (Å²) < 4.78 is 3.53. The second kappa shape index (κ2) is 6.95. The summed E-state index contributed by atoms with van der Waals surface area (Å²) in [4.78, 5) is 11.3. The number of nitrogens with zero attached hydrogens (tertiary/aromatic N) is 2. The second-order valence-corrected chi connectivity index (χ2v) is 5.12. The van der Waals surface area contributed by atoms with E-state index < -0.39 is 0 Å². The molecule has 0 N–H and O–H groups in total. The van der Waals surface area contributed by atoms with Gasteiger partial charge in [0.2, 0.25) is 4.77 Å². The van der Waals surface area contributed by atoms with Gasteiger partial charge in [0, 0.05) is 0 Å². The summed E-state index contributed by atoms with van der Waals surface area (Å²) in [6.07, 6.45) is 3.49. The van der Waals surface area contributed by atoms with E-state index >= 15 is 0 Å². The third-order valence-corrected chi connectivity index (χ3v) is 3.50. The van der Waals surface area contributed by atoms with E-state index in [1.165, 1.54) is 9.46 Å². The number of hydrogen-bond donors (Lipinski definition) is 0. The van der Waals surface area contributed by atoms with Crippen LogP contribution in [0.25, 0.3) is 0 Å². The van der Waals surface area contributed by atoms with Gasteiger partial charge in [-0.25, -0.2) is 0 Å². The Morgan fingerprint density at radius 1 is 0.682 bits per heavy atom. The van der Waals surface area contributed by atoms with E-state index in [1.54, 1.807) is 12.4 Å². The number of hydrogen-bond acceptors (Lipinski definition) is 3. The average Bonchev–Trinajstić information content (AvgIpc) is 2.93. The molecule has 0 saturated heterocycles. The Morgan fingerprint density at radius 2 is 1.09 bits per heavy atom. The van der Waals surface area contributed by atoms with Crippen LogP contribution in [0.1, 0.15) is 11.1 Å². The van der Waals surface area contributed by atoms with Crippen molar-refractivity contribution in [1.82, 2.24) is 9.46 Å². The van der Waals surface area contributed by atoms with E-state index in [2.05, 4.69) is 0 Å². The lowest BCUT2D eigenvalue weighted by Gasteiger charge is -2.08. The van der Waals surface area contributed by atoms with Crippen molar-refractivity contribution in [3.05, 3.63) is 89.0 Å². The molecular formula is C17H16N2O2S. The smallest absolute Gasteiger partial charge is 0.247 e. The molecule has 0 spiro atoms. The Bertz CT molecular complexity index is 702. The summed E-state index contributed by atoms with van der Waals surface area (Å²) in [6, 6.07) is 19.9. The summed E-state index contributed by atoms with van der Waals surface area (Å²) in [5.41, 5.74) is 2.17. The molecule has 3 aromatic rings. The van der Waals surface area contributed by atoms with Gasteiger partial charge in [0.25, 0.3) is 0 Å². The maximum Gasteiger partial charge on any atom is 0.247 e. The van der Waals surface area contributed by atoms with E-state index in [0.717, 1.165) is 11.1 Å². The van der Waals surface area contributed by atoms with Crippen LogP contribution in [0, 0.1) is 4.77 Å². The fourth-order valence-electron chi connectivity index (χ4n) is 1.98. The van der Waals surface area contributed by atoms with E-state index in [9.17, 15) is 0 Å². The van der Waals surface area contributed by atoms with Gasteiger partial charge in [0.05, 0.1) is 12.4 Å². The summed E-state index contributed by atoms with van der Waals surface area (Å²) in [5.74, 6) is 0. The Labute approximate surface area is 134 Å². The van der Waals surface area contributed by atoms with Crippen LogP contribution in [0.15, 0.2) is 73.1 Å². The lowest BCUT2D eigenvalue weighted by Crippen LogP contribution is -2.15. The summed E-state index contributed by atoms with van der Waals surface area (Å²) in [6.45, 7) is 0.912. The number of aromatic nitrogens is 2. The molecule has 112 valence electrons. The standard InChI is InChI=1S/C17H16N2O2S/c22-17-18(20-13-15-7-3-1-4-8-15)11-12-19(17)21-14-16-9-5-2-6-10-16/h1-12H,13-14H2. The predicted molar refractivity (Wildman–Crippen MR) is 86.7 cm³/mol. The highest BCUT2D eigenvalue weighted by atomic mass is 32.1. The first-order chi connectivity index (χ1) is 10.8. The van der Waals surface area contributed by atoms with Crippen LogP contribution in [0.4, 0.5) is 0 Å². The molecule has 22 heavy (non-hydrogen) atoms. The topological polar surface area (TPSA) is 28.3 Å². The Kier molecular flexibility index (Phi) is 4.56. The Hall–Kier alpha value is -2.53. The van der Waals surface area contributed by atoms with Gasteiger partial charge in [0.15, 0.2) is 0 Å². The van der Waals surface area contributed by atoms with E-state index in [1.807, 2.05) is 60.7 Å². The molecule has 0 aliphatic heterocycles. The van der Waals surface area contributed by atoms with Crippen molar-refractivity contribution in [3.8, 4) is 0 Å². The van der Waals surface area contributed by atoms with Gasteiger partial charge < -0.3 is 9.68 Å². The van der Waals surface area contributed by atoms with Gasteiger partial charge in [-0.15, -0.1) is 0 Å². The van der Waals surface area contributed by atoms with Crippen LogP contribution in [0.2, 0.25) is 0 Å². The highest BCUT2D eigenvalue weighted by molar-refractivity contribution is 7.71. The van der Waals surface area contributed by atoms with Crippen LogP contribution in [-0.4, -0.2) is 9.46 Å². The van der Waals surface area contributed by atoms with Crippen molar-refractivity contribution in [1.29, 1.82) is 0 Å². The first-order valence-corrected chi connectivity index (χ1v) is 7.38. The number of imidazole rings is 1. The summed E-state index contributed by atoms with van der Waals surface area (Å²) in [7, 11) is 0. The second-order valence-electron chi connectivity index (χ2n) is 4.75. The Morgan fingerprint density at radius 3 is 1.50 bits per heavy atom. The normalized spacial score (nSPS) is 10.4. The zero-order valence-corrected chi connectivity index (χ0v) is 12.8. The molecule has 0 fully saturated rings. The third-order valence-electron chi connectivity index (χ3n) is 3.14. The average molecular weight is 312 g/mol. The highest BCUT2D eigenvalue weighted by Gasteiger charge is 2.02. The Balaban J connectivity index is 1.61. The first kappa shape index (κ1) is 14.4. The highest BCUT2D eigenvalue weighted by Crippen LogP contribution is 2.02. The van der Waals surface area contributed by atoms with Crippen molar-refractivity contribution < 1.29 is 9.68 Å². The monoisotopic (exact) mass is 312 g/mol. The number of rotatable bonds is 6. The molecule has 0 bridgehead atoms. The predicted octanol–water partition coefficient (Wildman–Crippen LogP) is 3.28. The molecule has 0 unspecified atom stereocenters. The minimum absolute atomic E-state index is 0.456. The van der Waals surface area contributed by atoms with Crippen LogP contribution in [-0.2, 0) is 13.2 Å². The molecule has 0 radical (unpaired) electrons. The molecule has 0 atom stereocenters. The van der Waals surface area contributed by atoms with E-state index in [-0.39, 0.29) is 0 Å². The van der Waals surface area contributed by atoms with E-state index in [4.69, 9.17) is 21.9 Å². The van der Waals surface area contributed by atoms with Gasteiger partial charge in [0.1, 0.15) is 13.2 Å². The number of benzene rings is 2. The minimum Gasteiger partial charge on any atom is -0.407 e. The van der Waals surface area contributed by atoms with Crippen LogP contribution >= 0.6 is 12.2 Å². The largest absolute Gasteiger partial charge is 0.407 e. The maximum absolute atomic E-state index is 5.67. The van der Waals surface area contributed by atoms with Gasteiger partial charge >= 0.3 is 0 Å². The molecule has 0 saturated carbocycles. The van der Waals surface area contributed by atoms with E-state index in [0.29, 0.717) is 18.0 Å². The zero-order chi connectivity index (χ0) is 15.2. The lowest BCUT2D eigenvalue weighted by molar-refractivity contribution is 0.0611. The van der Waals surface area contributed by atoms with Gasteiger partial charge in [-0.3, -0.25) is 0 Å². The molecule has 3 rings (SSSR count). The fourth-order valence-corrected chi connectivity index (χ4v) is 2.21. The molecule has 1 aromatic heterocycles. The molecule has 1 heterocycles. The summed E-state index contributed by atoms with van der Waals surface area (Å²) >= 11 is 5.33. The molecule has 4 nitrogen and oxygen atoms in total. The first-order valence-electron chi connectivity index (χ1n) is 6.97. The van der Waals surface area contributed by atoms with Crippen molar-refractivity contribution in [2.45, 2.75) is 13.2 Å². The van der Waals surface area contributed by atoms with Gasteiger partial charge in [-0.1, -0.05) is 60.7 Å². The van der Waals surface area contributed by atoms with Crippen molar-refractivity contribution in [2.75, 3.05) is 0 Å². The van der Waals surface area contributed by atoms with Gasteiger partial charge in [-0.2, -0.15) is 9.46 Å². The van der Waals surface area contributed by atoms with Gasteiger partial charge in [-0.05, 0) is 23.3 Å². The minimum atomic E-state index is 0.456. The lowest BCUT2D eigenvalue weighted by atomic mass is 10.2. The van der Waals surface area contributed by atoms with Crippen molar-refractivity contribution in [3.63, 3.8) is 0 Å². The van der Waals surface area contributed by atoms with Crippen LogP contribution in [0.5, 0.6) is 0 Å². The van der Waals surface area contributed by atoms with Crippen LogP contribution in [0.3, 0.4) is 0 Å². The molecule has 0 amide bonds. The molecular weight excluding hydrogens is 296 g/mol. The summed E-state index contributed by atoms with van der Waals surface area (Å²) in [5, 5.41) is 0. The molecule has 0 aliphatic carbocycles. The van der Waals surface area contributed by atoms with Crippen molar-refractivity contribution >= 4 is 12.2 Å². The van der Waals surface area contributed by atoms with Crippen molar-refractivity contribution in [2.24, 2.45) is 0 Å². The zero-order valence-electron chi connectivity index (χ0n) is 12.0. The quantitative estimate of drug-likeness (QED) is 0.654. The maximum atomic E-state index is 5.67. The molecule has 5 heteroatoms. The SMILES string of the molecule is S=c1n(OCc2ccccc2)ccn1OCc1ccccc1. The fraction of sp³-hybridized carbons (Fsp3) is 0.118. The van der Waals surface area contributed by atoms with Crippen LogP contribution < -0.4 is 9.68 Å². The third kappa shape index (κ3) is 3.56. The molecule has 0 aliphatic rings. The molecule has 2 aromatic carbocycles.